The van der Waals surface area contributed by atoms with E-state index < -0.39 is 0 Å². The quantitative estimate of drug-likeness (QED) is 0.346. The third kappa shape index (κ3) is 9.46. The van der Waals surface area contributed by atoms with Crippen molar-refractivity contribution < 1.29 is 17.0 Å². The highest BCUT2D eigenvalue weighted by Gasteiger charge is 2.11. The number of halogens is 1. The molecule has 1 heterocycles. The summed E-state index contributed by atoms with van der Waals surface area (Å²) in [6, 6.07) is 10.8. The number of unbranched alkanes of at least 4 members (excludes halogenated alkanes) is 9. The normalized spacial score (nSPS) is 10.7. The summed E-state index contributed by atoms with van der Waals surface area (Å²) < 4.78 is 4.82. The van der Waals surface area contributed by atoms with Crippen molar-refractivity contribution in [3.8, 4) is 0 Å². The second-order valence-electron chi connectivity index (χ2n) is 7.65. The first-order valence-corrected chi connectivity index (χ1v) is 10.9. The lowest BCUT2D eigenvalue weighted by molar-refractivity contribution is -0.702. The largest absolute Gasteiger partial charge is 1.00 e. The fourth-order valence-corrected chi connectivity index (χ4v) is 3.68. The summed E-state index contributed by atoms with van der Waals surface area (Å²) in [5, 5.41) is 0. The molecule has 1 aromatic carbocycles. The number of hydrogen-bond acceptors (Lipinski definition) is 0. The summed E-state index contributed by atoms with van der Waals surface area (Å²) in [4.78, 5) is 0. The van der Waals surface area contributed by atoms with Crippen LogP contribution in [0.4, 0.5) is 0 Å². The number of aryl methyl sites for hydroxylation is 3. The Bertz CT molecular complexity index is 592. The molecule has 27 heavy (non-hydrogen) atoms. The Morgan fingerprint density at radius 2 is 1.41 bits per heavy atom. The average Bonchev–Trinajstić information content (AvgIpc) is 3.02. The second-order valence-corrected chi connectivity index (χ2v) is 7.65. The van der Waals surface area contributed by atoms with Crippen LogP contribution in [-0.4, -0.2) is 4.57 Å². The lowest BCUT2D eigenvalue weighted by Gasteiger charge is -2.03. The van der Waals surface area contributed by atoms with Crippen LogP contribution >= 0.6 is 0 Å². The maximum Gasteiger partial charge on any atom is 0.253 e. The molecule has 0 aliphatic rings. The van der Waals surface area contributed by atoms with E-state index in [0.717, 1.165) is 13.0 Å². The lowest BCUT2D eigenvalue weighted by atomic mass is 10.1. The smallest absolute Gasteiger partial charge is 0.253 e. The summed E-state index contributed by atoms with van der Waals surface area (Å²) in [5.74, 6) is 1.39. The number of hydrogen-bond donors (Lipinski definition) is 0. The molecule has 2 aromatic rings. The summed E-state index contributed by atoms with van der Waals surface area (Å²) in [5.41, 5.74) is 1.42. The maximum atomic E-state index is 2.43. The van der Waals surface area contributed by atoms with Gasteiger partial charge in [-0.25, -0.2) is 9.13 Å². The van der Waals surface area contributed by atoms with Crippen molar-refractivity contribution in [1.29, 1.82) is 0 Å². The molecule has 0 spiro atoms. The molecular weight excluding hydrogens is 352 g/mol. The minimum absolute atomic E-state index is 0. The van der Waals surface area contributed by atoms with Gasteiger partial charge in [0.2, 0.25) is 0 Å². The van der Waals surface area contributed by atoms with Gasteiger partial charge in [-0.15, -0.1) is 0 Å². The zero-order chi connectivity index (χ0) is 18.5. The number of benzene rings is 1. The standard InChI is InChI=1S/C24H39N2.ClH/c1-3-4-5-6-7-8-9-10-11-15-19-25-21-22-26(23(25)2)20-18-24-16-13-12-14-17-24;/h12-14,16-17,21-22H,3-11,15,18-20H2,1-2H3;1H/q+1;/p-1. The molecule has 1 aromatic heterocycles. The second kappa shape index (κ2) is 14.7. The molecule has 2 rings (SSSR count). The van der Waals surface area contributed by atoms with E-state index in [-0.39, 0.29) is 12.4 Å². The van der Waals surface area contributed by atoms with Crippen LogP contribution in [0.2, 0.25) is 0 Å². The van der Waals surface area contributed by atoms with Crippen LogP contribution in [0, 0.1) is 6.92 Å². The van der Waals surface area contributed by atoms with Crippen molar-refractivity contribution in [3.63, 3.8) is 0 Å². The topological polar surface area (TPSA) is 8.81 Å². The zero-order valence-corrected chi connectivity index (χ0v) is 18.3. The molecule has 0 amide bonds. The number of imidazole rings is 1. The zero-order valence-electron chi connectivity index (χ0n) is 17.5. The van der Waals surface area contributed by atoms with Gasteiger partial charge in [-0.05, 0) is 18.4 Å². The SMILES string of the molecule is CCCCCCCCCCCC[n+]1ccn(CCc2ccccc2)c1C.[Cl-]. The molecule has 0 atom stereocenters. The van der Waals surface area contributed by atoms with E-state index in [1.165, 1.54) is 82.1 Å². The summed E-state index contributed by atoms with van der Waals surface area (Å²) >= 11 is 0. The van der Waals surface area contributed by atoms with Crippen molar-refractivity contribution in [2.75, 3.05) is 0 Å². The summed E-state index contributed by atoms with van der Waals surface area (Å²) in [6.07, 6.45) is 19.7. The van der Waals surface area contributed by atoms with Crippen molar-refractivity contribution >= 4 is 0 Å². The van der Waals surface area contributed by atoms with Gasteiger partial charge >= 0.3 is 0 Å². The van der Waals surface area contributed by atoms with Crippen LogP contribution < -0.4 is 17.0 Å². The summed E-state index contributed by atoms with van der Waals surface area (Å²) in [6.45, 7) is 6.78. The Morgan fingerprint density at radius 3 is 2.04 bits per heavy atom. The van der Waals surface area contributed by atoms with Crippen LogP contribution in [0.25, 0.3) is 0 Å². The molecule has 0 fully saturated rings. The number of rotatable bonds is 14. The van der Waals surface area contributed by atoms with Gasteiger partial charge in [-0.2, -0.15) is 0 Å². The minimum Gasteiger partial charge on any atom is -1.00 e. The highest BCUT2D eigenvalue weighted by atomic mass is 35.5. The number of nitrogens with zero attached hydrogens (tertiary/aromatic N) is 2. The van der Waals surface area contributed by atoms with E-state index in [1.807, 2.05) is 0 Å². The van der Waals surface area contributed by atoms with Gasteiger partial charge in [-0.1, -0.05) is 88.6 Å². The minimum atomic E-state index is 0. The molecule has 152 valence electrons. The highest BCUT2D eigenvalue weighted by Crippen LogP contribution is 2.10. The maximum absolute atomic E-state index is 2.43. The Labute approximate surface area is 173 Å². The first kappa shape index (κ1) is 23.8. The van der Waals surface area contributed by atoms with Crippen LogP contribution in [0.5, 0.6) is 0 Å². The van der Waals surface area contributed by atoms with Gasteiger partial charge in [0.25, 0.3) is 5.82 Å². The van der Waals surface area contributed by atoms with E-state index >= 15 is 0 Å². The van der Waals surface area contributed by atoms with Crippen molar-refractivity contribution in [1.82, 2.24) is 4.57 Å². The Balaban J connectivity index is 0.00000364. The molecule has 2 nitrogen and oxygen atoms in total. The van der Waals surface area contributed by atoms with Crippen molar-refractivity contribution in [3.05, 3.63) is 54.1 Å². The predicted molar refractivity (Wildman–Crippen MR) is 111 cm³/mol. The van der Waals surface area contributed by atoms with E-state index in [4.69, 9.17) is 0 Å². The number of aromatic nitrogens is 2. The van der Waals surface area contributed by atoms with Gasteiger partial charge in [0.15, 0.2) is 0 Å². The van der Waals surface area contributed by atoms with E-state index in [1.54, 1.807) is 0 Å². The van der Waals surface area contributed by atoms with Gasteiger partial charge in [-0.3, -0.25) is 0 Å². The molecule has 0 bridgehead atoms. The molecule has 0 unspecified atom stereocenters. The molecule has 0 saturated carbocycles. The highest BCUT2D eigenvalue weighted by molar-refractivity contribution is 5.14. The predicted octanol–water partition coefficient (Wildman–Crippen LogP) is 3.25. The molecule has 0 N–H and O–H groups in total. The Hall–Kier alpha value is -1.28. The third-order valence-electron chi connectivity index (χ3n) is 5.49. The fraction of sp³-hybridized carbons (Fsp3) is 0.625. The van der Waals surface area contributed by atoms with Gasteiger partial charge < -0.3 is 12.4 Å². The molecule has 0 radical (unpaired) electrons. The van der Waals surface area contributed by atoms with Crippen LogP contribution in [0.3, 0.4) is 0 Å². The van der Waals surface area contributed by atoms with Crippen molar-refractivity contribution in [2.45, 2.75) is 97.6 Å². The van der Waals surface area contributed by atoms with E-state index in [0.29, 0.717) is 0 Å². The molecule has 0 aliphatic carbocycles. The molecule has 0 aliphatic heterocycles. The Morgan fingerprint density at radius 1 is 0.815 bits per heavy atom. The lowest BCUT2D eigenvalue weighted by Crippen LogP contribution is -3.00. The first-order chi connectivity index (χ1) is 12.8. The van der Waals surface area contributed by atoms with Crippen LogP contribution in [0.1, 0.15) is 82.5 Å². The van der Waals surface area contributed by atoms with E-state index in [2.05, 4.69) is 65.7 Å². The van der Waals surface area contributed by atoms with Gasteiger partial charge in [0.1, 0.15) is 12.4 Å². The molecule has 0 saturated heterocycles. The monoisotopic (exact) mass is 390 g/mol. The summed E-state index contributed by atoms with van der Waals surface area (Å²) in [7, 11) is 0. The van der Waals surface area contributed by atoms with E-state index in [9.17, 15) is 0 Å². The molecular formula is C24H39ClN2. The molecule has 3 heteroatoms. The van der Waals surface area contributed by atoms with Gasteiger partial charge in [0.05, 0.1) is 13.1 Å². The average molecular weight is 391 g/mol. The van der Waals surface area contributed by atoms with Crippen molar-refractivity contribution in [2.24, 2.45) is 0 Å². The third-order valence-corrected chi connectivity index (χ3v) is 5.49. The van der Waals surface area contributed by atoms with Crippen LogP contribution in [-0.2, 0) is 19.5 Å². The van der Waals surface area contributed by atoms with Gasteiger partial charge in [0, 0.05) is 13.3 Å². The first-order valence-electron chi connectivity index (χ1n) is 10.9. The van der Waals surface area contributed by atoms with Crippen LogP contribution in [0.15, 0.2) is 42.7 Å². The Kier molecular flexibility index (Phi) is 13.0. The fourth-order valence-electron chi connectivity index (χ4n) is 3.68.